The summed E-state index contributed by atoms with van der Waals surface area (Å²) >= 11 is 6.62. The lowest BCUT2D eigenvalue weighted by atomic mass is 10.1. The number of aryl methyl sites for hydroxylation is 1. The van der Waals surface area contributed by atoms with Crippen LogP contribution < -0.4 is 14.4 Å². The number of hydrogen-bond acceptors (Lipinski definition) is 8. The van der Waals surface area contributed by atoms with Crippen LogP contribution in [0.4, 0.5) is 11.6 Å². The second-order valence-corrected chi connectivity index (χ2v) is 11.9. The minimum absolute atomic E-state index is 0.164. The average molecular weight is 568 g/mol. The van der Waals surface area contributed by atoms with Gasteiger partial charge in [0.1, 0.15) is 22.5 Å². The molecule has 2 heterocycles. The van der Waals surface area contributed by atoms with Gasteiger partial charge in [-0.2, -0.15) is 5.10 Å². The van der Waals surface area contributed by atoms with Crippen LogP contribution in [0.15, 0.2) is 59.8 Å². The number of rotatable bonds is 10. The largest absolute Gasteiger partial charge is 0.497 e. The predicted octanol–water partition coefficient (Wildman–Crippen LogP) is 5.32. The molecule has 1 fully saturated rings. The standard InChI is InChI=1S/C28H30ClN5O4S/c1-18-15-24(32-34(18)17-20-7-13-23(38-3)14-8-20)33(16-19-5-11-22(37-2)12-6-19)27-25(21-9-10-21)26(29)30-28(31-27)39(4,35)36/h5-8,11-15,21H,9-10,16-17H2,1-4H3. The van der Waals surface area contributed by atoms with Crippen LogP contribution in [-0.2, 0) is 22.9 Å². The Balaban J connectivity index is 1.60. The fraction of sp³-hybridized carbons (Fsp3) is 0.321. The highest BCUT2D eigenvalue weighted by atomic mass is 35.5. The molecule has 1 saturated carbocycles. The van der Waals surface area contributed by atoms with Gasteiger partial charge in [-0.25, -0.2) is 18.4 Å². The van der Waals surface area contributed by atoms with E-state index in [1.165, 1.54) is 0 Å². The molecule has 39 heavy (non-hydrogen) atoms. The zero-order valence-electron chi connectivity index (χ0n) is 22.3. The summed E-state index contributed by atoms with van der Waals surface area (Å²) in [7, 11) is -0.441. The fourth-order valence-corrected chi connectivity index (χ4v) is 5.25. The first-order chi connectivity index (χ1) is 18.7. The second-order valence-electron chi connectivity index (χ2n) is 9.66. The number of methoxy groups -OCH3 is 2. The summed E-state index contributed by atoms with van der Waals surface area (Å²) in [4.78, 5) is 10.6. The highest BCUT2D eigenvalue weighted by Crippen LogP contribution is 2.48. The van der Waals surface area contributed by atoms with E-state index in [0.717, 1.165) is 53.0 Å². The van der Waals surface area contributed by atoms with Gasteiger partial charge in [0, 0.05) is 23.6 Å². The normalized spacial score (nSPS) is 13.4. The van der Waals surface area contributed by atoms with Gasteiger partial charge in [0.15, 0.2) is 5.82 Å². The summed E-state index contributed by atoms with van der Waals surface area (Å²) < 4.78 is 37.5. The summed E-state index contributed by atoms with van der Waals surface area (Å²) in [5.41, 5.74) is 3.73. The first-order valence-electron chi connectivity index (χ1n) is 12.5. The molecule has 4 aromatic rings. The van der Waals surface area contributed by atoms with E-state index in [4.69, 9.17) is 26.2 Å². The zero-order chi connectivity index (χ0) is 27.7. The van der Waals surface area contributed by atoms with Crippen LogP contribution in [0.3, 0.4) is 0 Å². The van der Waals surface area contributed by atoms with Crippen molar-refractivity contribution in [3.63, 3.8) is 0 Å². The number of hydrogen-bond donors (Lipinski definition) is 0. The first-order valence-corrected chi connectivity index (χ1v) is 14.8. The Hall–Kier alpha value is -3.63. The van der Waals surface area contributed by atoms with Crippen molar-refractivity contribution in [3.05, 3.63) is 82.1 Å². The van der Waals surface area contributed by atoms with Crippen LogP contribution in [0.2, 0.25) is 5.15 Å². The van der Waals surface area contributed by atoms with Crippen LogP contribution in [0.25, 0.3) is 0 Å². The Labute approximate surface area is 233 Å². The van der Waals surface area contributed by atoms with Gasteiger partial charge < -0.3 is 14.4 Å². The molecule has 0 bridgehead atoms. The molecule has 204 valence electrons. The van der Waals surface area contributed by atoms with Crippen LogP contribution in [0.5, 0.6) is 11.5 Å². The van der Waals surface area contributed by atoms with E-state index in [9.17, 15) is 8.42 Å². The van der Waals surface area contributed by atoms with Gasteiger partial charge in [-0.05, 0) is 61.1 Å². The van der Waals surface area contributed by atoms with Gasteiger partial charge in [0.05, 0.1) is 27.3 Å². The van der Waals surface area contributed by atoms with Gasteiger partial charge in [0.25, 0.3) is 0 Å². The average Bonchev–Trinajstić information content (AvgIpc) is 3.69. The van der Waals surface area contributed by atoms with E-state index >= 15 is 0 Å². The van der Waals surface area contributed by atoms with Crippen molar-refractivity contribution >= 4 is 33.1 Å². The molecule has 1 aliphatic carbocycles. The molecule has 0 unspecified atom stereocenters. The maximum atomic E-state index is 12.5. The lowest BCUT2D eigenvalue weighted by Gasteiger charge is -2.25. The topological polar surface area (TPSA) is 99.4 Å². The molecule has 9 nitrogen and oxygen atoms in total. The molecule has 0 atom stereocenters. The molecule has 2 aromatic heterocycles. The summed E-state index contributed by atoms with van der Waals surface area (Å²) in [6, 6.07) is 17.5. The van der Waals surface area contributed by atoms with Crippen molar-refractivity contribution in [2.24, 2.45) is 0 Å². The Morgan fingerprint density at radius 2 is 1.56 bits per heavy atom. The van der Waals surface area contributed by atoms with E-state index < -0.39 is 9.84 Å². The summed E-state index contributed by atoms with van der Waals surface area (Å²) in [6.07, 6.45) is 2.96. The van der Waals surface area contributed by atoms with Crippen molar-refractivity contribution in [1.82, 2.24) is 19.7 Å². The maximum Gasteiger partial charge on any atom is 0.250 e. The lowest BCUT2D eigenvalue weighted by molar-refractivity contribution is 0.414. The van der Waals surface area contributed by atoms with E-state index in [2.05, 4.69) is 9.97 Å². The summed E-state index contributed by atoms with van der Waals surface area (Å²) in [6.45, 7) is 2.93. The number of nitrogens with zero attached hydrogens (tertiary/aromatic N) is 5. The van der Waals surface area contributed by atoms with Crippen LogP contribution in [0, 0.1) is 6.92 Å². The highest BCUT2D eigenvalue weighted by Gasteiger charge is 2.34. The van der Waals surface area contributed by atoms with E-state index in [1.807, 2.05) is 71.1 Å². The molecule has 0 aliphatic heterocycles. The molecule has 0 saturated heterocycles. The highest BCUT2D eigenvalue weighted by molar-refractivity contribution is 7.90. The third-order valence-electron chi connectivity index (χ3n) is 6.67. The van der Waals surface area contributed by atoms with Crippen molar-refractivity contribution < 1.29 is 17.9 Å². The van der Waals surface area contributed by atoms with Gasteiger partial charge >= 0.3 is 0 Å². The molecule has 0 radical (unpaired) electrons. The molecular formula is C28H30ClN5O4S. The summed E-state index contributed by atoms with van der Waals surface area (Å²) in [5.74, 6) is 2.79. The Morgan fingerprint density at radius 3 is 2.10 bits per heavy atom. The molecule has 0 amide bonds. The first kappa shape index (κ1) is 27.0. The number of aromatic nitrogens is 4. The third kappa shape index (κ3) is 6.02. The molecular weight excluding hydrogens is 538 g/mol. The van der Waals surface area contributed by atoms with Crippen LogP contribution >= 0.6 is 11.6 Å². The smallest absolute Gasteiger partial charge is 0.250 e. The van der Waals surface area contributed by atoms with Gasteiger partial charge in [0.2, 0.25) is 15.0 Å². The maximum absolute atomic E-state index is 12.5. The van der Waals surface area contributed by atoms with E-state index in [0.29, 0.717) is 24.7 Å². The number of sulfone groups is 1. The van der Waals surface area contributed by atoms with E-state index in [1.54, 1.807) is 14.2 Å². The molecule has 5 rings (SSSR count). The number of benzene rings is 2. The molecule has 1 aliphatic rings. The number of halogens is 1. The van der Waals surface area contributed by atoms with Gasteiger partial charge in [-0.3, -0.25) is 4.68 Å². The van der Waals surface area contributed by atoms with Crippen LogP contribution in [-0.4, -0.2) is 48.6 Å². The molecule has 0 N–H and O–H groups in total. The SMILES string of the molecule is COc1ccc(CN(c2cc(C)n(Cc3ccc(OC)cc3)n2)c2nc(S(C)(=O)=O)nc(Cl)c2C2CC2)cc1. The minimum atomic E-state index is -3.70. The second kappa shape index (κ2) is 10.9. The molecule has 11 heteroatoms. The molecule has 0 spiro atoms. The Kier molecular flexibility index (Phi) is 7.51. The lowest BCUT2D eigenvalue weighted by Crippen LogP contribution is -2.22. The summed E-state index contributed by atoms with van der Waals surface area (Å²) in [5, 5.41) is 4.79. The minimum Gasteiger partial charge on any atom is -0.497 e. The zero-order valence-corrected chi connectivity index (χ0v) is 23.8. The fourth-order valence-electron chi connectivity index (χ4n) is 4.37. The monoisotopic (exact) mass is 567 g/mol. The quantitative estimate of drug-likeness (QED) is 0.187. The van der Waals surface area contributed by atoms with Gasteiger partial charge in [-0.1, -0.05) is 35.9 Å². The predicted molar refractivity (Wildman–Crippen MR) is 150 cm³/mol. The van der Waals surface area contributed by atoms with Crippen LogP contribution in [0.1, 0.15) is 41.1 Å². The van der Waals surface area contributed by atoms with Crippen molar-refractivity contribution in [3.8, 4) is 11.5 Å². The van der Waals surface area contributed by atoms with Gasteiger partial charge in [-0.15, -0.1) is 0 Å². The Bertz CT molecular complexity index is 1580. The Morgan fingerprint density at radius 1 is 0.974 bits per heavy atom. The molecule has 2 aromatic carbocycles. The van der Waals surface area contributed by atoms with Crippen molar-refractivity contribution in [2.75, 3.05) is 25.4 Å². The number of anilines is 2. The third-order valence-corrected chi connectivity index (χ3v) is 7.80. The van der Waals surface area contributed by atoms with Crippen molar-refractivity contribution in [2.45, 2.75) is 43.9 Å². The van der Waals surface area contributed by atoms with Crippen molar-refractivity contribution in [1.29, 1.82) is 0 Å². The number of ether oxygens (including phenoxy) is 2. The van der Waals surface area contributed by atoms with E-state index in [-0.39, 0.29) is 16.2 Å².